The number of nitrogens with two attached hydrogens (primary N) is 1. The maximum Gasteiger partial charge on any atom is 0.362 e. The third-order valence-electron chi connectivity index (χ3n) is 12.7. The molecule has 2 aromatic rings. The van der Waals surface area contributed by atoms with Crippen molar-refractivity contribution < 1.29 is 43.3 Å². The zero-order chi connectivity index (χ0) is 36.5. The van der Waals surface area contributed by atoms with Gasteiger partial charge in [0.05, 0.1) is 40.0 Å². The molecule has 7 rings (SSSR count). The number of ketones is 2. The number of hydrogen-bond donors (Lipinski definition) is 3. The lowest BCUT2D eigenvalue weighted by Crippen LogP contribution is -2.63. The van der Waals surface area contributed by atoms with E-state index in [-0.39, 0.29) is 42.5 Å². The summed E-state index contributed by atoms with van der Waals surface area (Å²) in [5, 5.41) is 21.5. The third kappa shape index (κ3) is 5.99. The van der Waals surface area contributed by atoms with Crippen molar-refractivity contribution in [1.82, 2.24) is 0 Å². The molecule has 0 aromatic heterocycles. The molecule has 272 valence electrons. The Morgan fingerprint density at radius 1 is 1.08 bits per heavy atom. The molecule has 4 fully saturated rings. The molecule has 0 unspecified atom stereocenters. The maximum absolute atomic E-state index is 14.6. The molecule has 5 aliphatic rings. The van der Waals surface area contributed by atoms with Crippen LogP contribution in [0.25, 0.3) is 0 Å². The average molecular weight is 700 g/mol. The molecule has 10 heteroatoms. The lowest BCUT2D eigenvalue weighted by Gasteiger charge is -2.59. The normalized spacial score (nSPS) is 35.4. The summed E-state index contributed by atoms with van der Waals surface area (Å²) >= 11 is 0. The summed E-state index contributed by atoms with van der Waals surface area (Å²) in [6, 6.07) is 13.6. The van der Waals surface area contributed by atoms with Crippen LogP contribution in [-0.2, 0) is 41.6 Å². The Bertz CT molecular complexity index is 1800. The summed E-state index contributed by atoms with van der Waals surface area (Å²) < 4.78 is 19.6. The van der Waals surface area contributed by atoms with Gasteiger partial charge in [-0.2, -0.15) is 0 Å². The summed E-state index contributed by atoms with van der Waals surface area (Å²) in [6.45, 7) is 3.74. The van der Waals surface area contributed by atoms with Crippen LogP contribution >= 0.6 is 0 Å². The topological polar surface area (TPSA) is 145 Å². The molecule has 4 N–H and O–H groups in total. The molecule has 3 saturated carbocycles. The van der Waals surface area contributed by atoms with Crippen molar-refractivity contribution in [3.05, 3.63) is 88.5 Å². The first-order valence-electron chi connectivity index (χ1n) is 18.1. The molecule has 9 atom stereocenters. The van der Waals surface area contributed by atoms with E-state index < -0.39 is 47.5 Å². The number of quaternary nitrogens is 1. The Hall–Kier alpha value is -3.67. The van der Waals surface area contributed by atoms with Crippen LogP contribution in [0.15, 0.2) is 66.3 Å². The fourth-order valence-corrected chi connectivity index (χ4v) is 10.3. The SMILES string of the molecule is C[C@]12C=CC(=O)C=C1CC[C@@H]1[C@@H]2[C@@H](O)C[C@@]2(C)[C@H]1C[C@H]1O[C@@H](c3ccc(Cc4ccc(CO)c(N)c4)cc3)O[C@]12C(=O)COC(=O)C[N+](C)(C)C. The number of aliphatic hydroxyl groups is 2. The Morgan fingerprint density at radius 3 is 2.49 bits per heavy atom. The predicted octanol–water partition coefficient (Wildman–Crippen LogP) is 4.21. The number of fused-ring (bicyclic) bond motifs is 7. The number of carbonyl (C=O) groups is 3. The molecular formula is C41H51N2O8+. The molecule has 0 amide bonds. The second-order valence-electron chi connectivity index (χ2n) is 16.9. The molecule has 4 aliphatic carbocycles. The number of likely N-dealkylation sites (N-methyl/N-ethyl adjacent to an activating group) is 1. The van der Waals surface area contributed by atoms with Crippen LogP contribution in [0.1, 0.15) is 68.1 Å². The standard InChI is InChI=1S/C41H51N2O8/c1-39-15-14-29(45)18-28(39)12-13-30-31-19-35-41(40(31,2)20-33(46)37(30)39,34(47)23-49-36(48)21-43(3,4)5)51-38(50-35)26-9-6-24(7-10-26)16-25-8-11-27(22-44)32(42)17-25/h6-11,14-15,17-18,30-31,33,35,37-38,44,46H,12-13,16,19-23,42H2,1-5H3/q+1/t30-,31-,33-,35+,37+,38+,39-,40-,41+/m0/s1. The number of Topliss-reactive ketones (excluding diaryl/α,β-unsaturated/α-hetero) is 1. The lowest BCUT2D eigenvalue weighted by atomic mass is 9.46. The Morgan fingerprint density at radius 2 is 1.80 bits per heavy atom. The van der Waals surface area contributed by atoms with Gasteiger partial charge in [-0.3, -0.25) is 9.59 Å². The minimum Gasteiger partial charge on any atom is -0.453 e. The van der Waals surface area contributed by atoms with Gasteiger partial charge in [-0.05, 0) is 73.3 Å². The van der Waals surface area contributed by atoms with Gasteiger partial charge in [0.2, 0.25) is 5.78 Å². The second-order valence-corrected chi connectivity index (χ2v) is 16.9. The van der Waals surface area contributed by atoms with E-state index in [4.69, 9.17) is 19.9 Å². The van der Waals surface area contributed by atoms with Crippen LogP contribution in [0.2, 0.25) is 0 Å². The van der Waals surface area contributed by atoms with E-state index in [0.29, 0.717) is 35.0 Å². The average Bonchev–Trinajstić information content (AvgIpc) is 3.56. The van der Waals surface area contributed by atoms with Gasteiger partial charge in [0.15, 0.2) is 30.8 Å². The quantitative estimate of drug-likeness (QED) is 0.199. The van der Waals surface area contributed by atoms with Crippen LogP contribution in [0.3, 0.4) is 0 Å². The highest BCUT2D eigenvalue weighted by Gasteiger charge is 2.76. The first kappa shape index (κ1) is 35.7. The van der Waals surface area contributed by atoms with Gasteiger partial charge in [0, 0.05) is 33.6 Å². The molecule has 1 saturated heterocycles. The van der Waals surface area contributed by atoms with Crippen LogP contribution in [0.5, 0.6) is 0 Å². The number of hydrogen-bond acceptors (Lipinski definition) is 9. The number of nitrogens with zero attached hydrogens (tertiary/aromatic N) is 1. The third-order valence-corrected chi connectivity index (χ3v) is 12.7. The highest BCUT2D eigenvalue weighted by molar-refractivity contribution is 6.01. The van der Waals surface area contributed by atoms with E-state index in [1.165, 1.54) is 0 Å². The van der Waals surface area contributed by atoms with Crippen LogP contribution in [0.4, 0.5) is 5.69 Å². The van der Waals surface area contributed by atoms with Crippen LogP contribution in [-0.4, -0.2) is 84.3 Å². The first-order chi connectivity index (χ1) is 24.1. The summed E-state index contributed by atoms with van der Waals surface area (Å²) in [5.41, 5.74) is 8.56. The Balaban J connectivity index is 1.18. The molecular weight excluding hydrogens is 648 g/mol. The van der Waals surface area contributed by atoms with Gasteiger partial charge in [0.25, 0.3) is 0 Å². The molecule has 1 aliphatic heterocycles. The zero-order valence-corrected chi connectivity index (χ0v) is 30.3. The molecule has 0 bridgehead atoms. The number of carbonyl (C=O) groups excluding carboxylic acids is 3. The van der Waals surface area contributed by atoms with Gasteiger partial charge < -0.3 is 34.6 Å². The fourth-order valence-electron chi connectivity index (χ4n) is 10.3. The van der Waals surface area contributed by atoms with Crippen molar-refractivity contribution in [2.75, 3.05) is 40.0 Å². The summed E-state index contributed by atoms with van der Waals surface area (Å²) in [4.78, 5) is 39.7. The van der Waals surface area contributed by atoms with Crippen molar-refractivity contribution >= 4 is 23.2 Å². The number of nitrogen functional groups attached to an aromatic ring is 1. The van der Waals surface area contributed by atoms with E-state index in [1.54, 1.807) is 12.2 Å². The van der Waals surface area contributed by atoms with Crippen molar-refractivity contribution in [2.24, 2.45) is 28.6 Å². The number of benzene rings is 2. The summed E-state index contributed by atoms with van der Waals surface area (Å²) in [5.74, 6) is -0.875. The number of esters is 1. The Labute approximate surface area is 299 Å². The highest BCUT2D eigenvalue weighted by Crippen LogP contribution is 2.70. The van der Waals surface area contributed by atoms with Gasteiger partial charge in [-0.15, -0.1) is 0 Å². The van der Waals surface area contributed by atoms with Gasteiger partial charge >= 0.3 is 5.97 Å². The summed E-state index contributed by atoms with van der Waals surface area (Å²) in [6.07, 6.45) is 6.21. The second kappa shape index (κ2) is 12.8. The van der Waals surface area contributed by atoms with Crippen molar-refractivity contribution in [1.29, 1.82) is 0 Å². The van der Waals surface area contributed by atoms with Crippen molar-refractivity contribution in [3.63, 3.8) is 0 Å². The van der Waals surface area contributed by atoms with E-state index in [0.717, 1.165) is 35.1 Å². The van der Waals surface area contributed by atoms with Gasteiger partial charge in [-0.25, -0.2) is 4.79 Å². The Kier molecular flexibility index (Phi) is 8.95. The number of anilines is 1. The molecule has 0 radical (unpaired) electrons. The molecule has 0 spiro atoms. The molecule has 10 nitrogen and oxygen atoms in total. The number of ether oxygens (including phenoxy) is 3. The van der Waals surface area contributed by atoms with Crippen molar-refractivity contribution in [2.45, 2.75) is 76.7 Å². The zero-order valence-electron chi connectivity index (χ0n) is 30.3. The van der Waals surface area contributed by atoms with Crippen molar-refractivity contribution in [3.8, 4) is 0 Å². The smallest absolute Gasteiger partial charge is 0.362 e. The summed E-state index contributed by atoms with van der Waals surface area (Å²) in [7, 11) is 5.65. The number of rotatable bonds is 9. The highest BCUT2D eigenvalue weighted by atomic mass is 16.7. The lowest BCUT2D eigenvalue weighted by molar-refractivity contribution is -0.862. The molecule has 1 heterocycles. The molecule has 2 aromatic carbocycles. The van der Waals surface area contributed by atoms with Crippen LogP contribution in [0, 0.1) is 28.6 Å². The fraction of sp³-hybridized carbons (Fsp3) is 0.537. The molecule has 51 heavy (non-hydrogen) atoms. The van der Waals surface area contributed by atoms with E-state index in [1.807, 2.05) is 69.7 Å². The maximum atomic E-state index is 14.6. The van der Waals surface area contributed by atoms with E-state index >= 15 is 0 Å². The van der Waals surface area contributed by atoms with Gasteiger partial charge in [0.1, 0.15) is 0 Å². The monoisotopic (exact) mass is 699 g/mol. The first-order valence-corrected chi connectivity index (χ1v) is 18.1. The minimum atomic E-state index is -1.44. The van der Waals surface area contributed by atoms with E-state index in [2.05, 4.69) is 13.8 Å². The largest absolute Gasteiger partial charge is 0.453 e. The predicted molar refractivity (Wildman–Crippen MR) is 190 cm³/mol. The minimum absolute atomic E-state index is 0.000759. The van der Waals surface area contributed by atoms with E-state index in [9.17, 15) is 24.6 Å². The van der Waals surface area contributed by atoms with Crippen LogP contribution < -0.4 is 5.73 Å². The van der Waals surface area contributed by atoms with Gasteiger partial charge in [-0.1, -0.05) is 61.9 Å². The number of allylic oxidation sites excluding steroid dienone is 4. The number of aliphatic hydroxyl groups excluding tert-OH is 2.